The number of carbonyl (C=O) groups excluding carboxylic acids is 1. The molecule has 3 nitrogen and oxygen atoms in total. The van der Waals surface area contributed by atoms with Crippen molar-refractivity contribution >= 4 is 5.78 Å². The summed E-state index contributed by atoms with van der Waals surface area (Å²) in [6, 6.07) is -0.419. The molecule has 1 atom stereocenters. The summed E-state index contributed by atoms with van der Waals surface area (Å²) in [5.74, 6) is -0.0556. The Morgan fingerprint density at radius 1 is 1.55 bits per heavy atom. The second-order valence-electron chi connectivity index (χ2n) is 3.66. The van der Waals surface area contributed by atoms with Crippen LogP contribution in [0.1, 0.15) is 27.7 Å². The van der Waals surface area contributed by atoms with Gasteiger partial charge in [-0.15, -0.1) is 0 Å². The van der Waals surface area contributed by atoms with Gasteiger partial charge in [-0.1, -0.05) is 0 Å². The minimum absolute atomic E-state index is 0.0556. The first kappa shape index (κ1) is 10.6. The van der Waals surface area contributed by atoms with Crippen LogP contribution in [0.5, 0.6) is 0 Å². The van der Waals surface area contributed by atoms with Gasteiger partial charge in [-0.2, -0.15) is 0 Å². The van der Waals surface area contributed by atoms with Gasteiger partial charge >= 0.3 is 0 Å². The van der Waals surface area contributed by atoms with E-state index in [9.17, 15) is 4.79 Å². The highest BCUT2D eigenvalue weighted by molar-refractivity contribution is 5.84. The maximum atomic E-state index is 10.9. The molecule has 0 spiro atoms. The van der Waals surface area contributed by atoms with E-state index in [4.69, 9.17) is 10.5 Å². The molecule has 0 aliphatic rings. The smallest absolute Gasteiger partial charge is 0.174 e. The van der Waals surface area contributed by atoms with Gasteiger partial charge in [0.25, 0.3) is 0 Å². The molecular weight excluding hydrogens is 142 g/mol. The Morgan fingerprint density at radius 2 is 2.00 bits per heavy atom. The van der Waals surface area contributed by atoms with Gasteiger partial charge in [0.1, 0.15) is 6.61 Å². The first-order valence-corrected chi connectivity index (χ1v) is 3.75. The van der Waals surface area contributed by atoms with Crippen molar-refractivity contribution in [1.29, 1.82) is 0 Å². The van der Waals surface area contributed by atoms with E-state index < -0.39 is 6.04 Å². The molecule has 0 aromatic heterocycles. The molecule has 0 aliphatic heterocycles. The summed E-state index contributed by atoms with van der Waals surface area (Å²) >= 11 is 0. The van der Waals surface area contributed by atoms with Gasteiger partial charge in [0.15, 0.2) is 5.78 Å². The van der Waals surface area contributed by atoms with Crippen LogP contribution in [-0.2, 0) is 9.53 Å². The number of Topliss-reactive ketones (excluding diaryl/α,β-unsaturated/α-hetero) is 1. The van der Waals surface area contributed by atoms with E-state index in [1.54, 1.807) is 6.92 Å². The average Bonchev–Trinajstić information content (AvgIpc) is 1.80. The number of ether oxygens (including phenoxy) is 1. The van der Waals surface area contributed by atoms with Crippen LogP contribution in [0.15, 0.2) is 0 Å². The van der Waals surface area contributed by atoms with Crippen LogP contribution in [0.4, 0.5) is 0 Å². The minimum atomic E-state index is -0.419. The highest BCUT2D eigenvalue weighted by Crippen LogP contribution is 2.05. The van der Waals surface area contributed by atoms with Gasteiger partial charge < -0.3 is 10.5 Å². The molecule has 0 rings (SSSR count). The lowest BCUT2D eigenvalue weighted by atomic mass is 10.2. The molecule has 0 radical (unpaired) electrons. The normalized spacial score (nSPS) is 14.6. The molecule has 0 aromatic carbocycles. The van der Waals surface area contributed by atoms with Crippen molar-refractivity contribution in [2.75, 3.05) is 6.61 Å². The summed E-state index contributed by atoms with van der Waals surface area (Å²) in [4.78, 5) is 10.9. The fourth-order valence-electron chi connectivity index (χ4n) is 0.419. The van der Waals surface area contributed by atoms with E-state index in [0.29, 0.717) is 0 Å². The zero-order valence-corrected chi connectivity index (χ0v) is 7.68. The maximum Gasteiger partial charge on any atom is 0.174 e. The monoisotopic (exact) mass is 159 g/mol. The van der Waals surface area contributed by atoms with Crippen LogP contribution in [0.2, 0.25) is 0 Å². The quantitative estimate of drug-likeness (QED) is 0.660. The average molecular weight is 159 g/mol. The molecule has 0 aromatic rings. The topological polar surface area (TPSA) is 52.3 Å². The molecule has 11 heavy (non-hydrogen) atoms. The predicted molar refractivity (Wildman–Crippen MR) is 44.4 cm³/mol. The number of hydrogen-bond donors (Lipinski definition) is 1. The van der Waals surface area contributed by atoms with E-state index >= 15 is 0 Å². The molecule has 0 saturated carbocycles. The third kappa shape index (κ3) is 6.01. The molecule has 3 heteroatoms. The first-order chi connectivity index (χ1) is 4.83. The Morgan fingerprint density at radius 3 is 2.27 bits per heavy atom. The van der Waals surface area contributed by atoms with Gasteiger partial charge in [0.2, 0.25) is 0 Å². The maximum absolute atomic E-state index is 10.9. The predicted octanol–water partition coefficient (Wildman–Crippen LogP) is 0.718. The SMILES string of the molecule is CC(N)C(=O)COC(C)(C)C. The van der Waals surface area contributed by atoms with Crippen molar-refractivity contribution in [2.45, 2.75) is 39.3 Å². The van der Waals surface area contributed by atoms with E-state index in [1.165, 1.54) is 0 Å². The first-order valence-electron chi connectivity index (χ1n) is 3.75. The number of nitrogens with two attached hydrogens (primary N) is 1. The van der Waals surface area contributed by atoms with E-state index in [-0.39, 0.29) is 18.0 Å². The number of rotatable bonds is 3. The summed E-state index contributed by atoms with van der Waals surface area (Å²) in [6.07, 6.45) is 0. The molecule has 0 aliphatic carbocycles. The van der Waals surface area contributed by atoms with Crippen LogP contribution in [0, 0.1) is 0 Å². The Bertz CT molecular complexity index is 136. The van der Waals surface area contributed by atoms with Crippen molar-refractivity contribution in [1.82, 2.24) is 0 Å². The summed E-state index contributed by atoms with van der Waals surface area (Å²) in [5, 5.41) is 0. The molecule has 1 unspecified atom stereocenters. The second kappa shape index (κ2) is 3.83. The van der Waals surface area contributed by atoms with E-state index in [2.05, 4.69) is 0 Å². The van der Waals surface area contributed by atoms with Gasteiger partial charge in [-0.05, 0) is 27.7 Å². The summed E-state index contributed by atoms with van der Waals surface area (Å²) in [7, 11) is 0. The molecule has 0 heterocycles. The zero-order valence-electron chi connectivity index (χ0n) is 7.68. The second-order valence-corrected chi connectivity index (χ2v) is 3.66. The zero-order chi connectivity index (χ0) is 9.07. The molecule has 0 fully saturated rings. The molecule has 66 valence electrons. The molecule has 0 amide bonds. The van der Waals surface area contributed by atoms with Crippen LogP contribution < -0.4 is 5.73 Å². The minimum Gasteiger partial charge on any atom is -0.368 e. The number of hydrogen-bond acceptors (Lipinski definition) is 3. The van der Waals surface area contributed by atoms with Crippen molar-refractivity contribution in [3.05, 3.63) is 0 Å². The fourth-order valence-corrected chi connectivity index (χ4v) is 0.419. The van der Waals surface area contributed by atoms with Gasteiger partial charge in [0.05, 0.1) is 11.6 Å². The lowest BCUT2D eigenvalue weighted by Gasteiger charge is -2.19. The standard InChI is InChI=1S/C8H17NO2/c1-6(9)7(10)5-11-8(2,3)4/h6H,5,9H2,1-4H3. The summed E-state index contributed by atoms with van der Waals surface area (Å²) in [6.45, 7) is 7.49. The molecule has 0 bridgehead atoms. The Labute approximate surface area is 67.9 Å². The highest BCUT2D eigenvalue weighted by atomic mass is 16.5. The lowest BCUT2D eigenvalue weighted by Crippen LogP contribution is -2.33. The van der Waals surface area contributed by atoms with E-state index in [1.807, 2.05) is 20.8 Å². The Hall–Kier alpha value is -0.410. The van der Waals surface area contributed by atoms with Gasteiger partial charge in [-0.3, -0.25) is 4.79 Å². The molecular formula is C8H17NO2. The molecule has 0 saturated heterocycles. The van der Waals surface area contributed by atoms with Gasteiger partial charge in [0, 0.05) is 0 Å². The van der Waals surface area contributed by atoms with Crippen LogP contribution in [0.25, 0.3) is 0 Å². The third-order valence-corrected chi connectivity index (χ3v) is 1.16. The Kier molecular flexibility index (Phi) is 3.69. The third-order valence-electron chi connectivity index (χ3n) is 1.16. The van der Waals surface area contributed by atoms with Gasteiger partial charge in [-0.25, -0.2) is 0 Å². The summed E-state index contributed by atoms with van der Waals surface area (Å²) < 4.78 is 5.22. The molecule has 2 N–H and O–H groups in total. The van der Waals surface area contributed by atoms with Crippen molar-refractivity contribution in [2.24, 2.45) is 5.73 Å². The summed E-state index contributed by atoms with van der Waals surface area (Å²) in [5.41, 5.74) is 5.08. The van der Waals surface area contributed by atoms with Crippen LogP contribution >= 0.6 is 0 Å². The fraction of sp³-hybridized carbons (Fsp3) is 0.875. The highest BCUT2D eigenvalue weighted by Gasteiger charge is 2.14. The van der Waals surface area contributed by atoms with E-state index in [0.717, 1.165) is 0 Å². The van der Waals surface area contributed by atoms with Crippen molar-refractivity contribution in [3.63, 3.8) is 0 Å². The lowest BCUT2D eigenvalue weighted by molar-refractivity contribution is -0.129. The Balaban J connectivity index is 3.64. The van der Waals surface area contributed by atoms with Crippen molar-refractivity contribution < 1.29 is 9.53 Å². The largest absolute Gasteiger partial charge is 0.368 e. The number of carbonyl (C=O) groups is 1. The van der Waals surface area contributed by atoms with Crippen LogP contribution in [-0.4, -0.2) is 24.0 Å². The van der Waals surface area contributed by atoms with Crippen LogP contribution in [0.3, 0.4) is 0 Å². The van der Waals surface area contributed by atoms with Crippen molar-refractivity contribution in [3.8, 4) is 0 Å². The number of ketones is 1.